The molecule has 2 aliphatic rings. The third-order valence-electron chi connectivity index (χ3n) is 19.4. The van der Waals surface area contributed by atoms with E-state index in [1.54, 1.807) is 0 Å². The van der Waals surface area contributed by atoms with E-state index in [0.29, 0.717) is 0 Å². The molecule has 0 saturated heterocycles. The number of rotatable bonds is 16. The lowest BCUT2D eigenvalue weighted by Gasteiger charge is -2.33. The van der Waals surface area contributed by atoms with Crippen molar-refractivity contribution >= 4 is 44.8 Å². The summed E-state index contributed by atoms with van der Waals surface area (Å²) in [5.74, 6) is 0. The van der Waals surface area contributed by atoms with E-state index < -0.39 is 0 Å². The maximum Gasteiger partial charge on any atom is 0.0463 e. The fraction of sp³-hybridized carbons (Fsp3) is 0.114. The molecule has 0 nitrogen and oxygen atoms in total. The van der Waals surface area contributed by atoms with Gasteiger partial charge in [0.2, 0.25) is 0 Å². The van der Waals surface area contributed by atoms with Crippen molar-refractivity contribution in [1.82, 2.24) is 0 Å². The summed E-state index contributed by atoms with van der Waals surface area (Å²) < 4.78 is 0. The molecule has 15 rings (SSSR count). The van der Waals surface area contributed by atoms with Crippen LogP contribution in [0.3, 0.4) is 0 Å². The number of unbranched alkanes of at least 4 members (excludes halogenated alkanes) is 2. The Labute approximate surface area is 519 Å². The molecule has 13 aromatic rings. The van der Waals surface area contributed by atoms with Gasteiger partial charge in [-0.1, -0.05) is 331 Å². The minimum atomic E-state index is -0.223. The zero-order valence-electron chi connectivity index (χ0n) is 50.3. The van der Waals surface area contributed by atoms with Gasteiger partial charge in [-0.3, -0.25) is 0 Å². The topological polar surface area (TPSA) is 0 Å². The second-order valence-corrected chi connectivity index (χ2v) is 24.3. The van der Waals surface area contributed by atoms with E-state index in [2.05, 4.69) is 329 Å². The van der Waals surface area contributed by atoms with E-state index >= 15 is 0 Å². The first kappa shape index (κ1) is 54.5. The molecule has 0 heterocycles. The SMILES string of the molecule is CCCCC1(c2ccccc2)c2ccccc2-c2ccc(/C=C(\c3ccccc3)c3ccc(-c4c5ccccc5c(-c5ccc(/C(=C/c6ccc7c(c6)C(CCCC)(c6ccccc6)c6ccccc6-7)c6ccccc6)cc5)c5ccccc45)cc3)cc21. The summed E-state index contributed by atoms with van der Waals surface area (Å²) in [5.41, 5.74) is 27.8. The fourth-order valence-electron chi connectivity index (χ4n) is 15.3. The molecule has 0 heteroatoms. The number of benzene rings is 13. The lowest BCUT2D eigenvalue weighted by molar-refractivity contribution is 0.538. The second-order valence-electron chi connectivity index (χ2n) is 24.3. The molecule has 422 valence electrons. The Hall–Kier alpha value is -10.1. The van der Waals surface area contributed by atoms with Crippen molar-refractivity contribution in [2.24, 2.45) is 0 Å². The molecule has 0 N–H and O–H groups in total. The van der Waals surface area contributed by atoms with Crippen molar-refractivity contribution < 1.29 is 0 Å². The first-order chi connectivity index (χ1) is 43.6. The van der Waals surface area contributed by atoms with Gasteiger partial charge >= 0.3 is 0 Å². The summed E-state index contributed by atoms with van der Waals surface area (Å²) in [7, 11) is 0. The van der Waals surface area contributed by atoms with E-state index in [-0.39, 0.29) is 10.8 Å². The predicted molar refractivity (Wildman–Crippen MR) is 375 cm³/mol. The lowest BCUT2D eigenvalue weighted by atomic mass is 9.69. The minimum Gasteiger partial charge on any atom is -0.0654 e. The zero-order valence-corrected chi connectivity index (χ0v) is 50.3. The monoisotopic (exact) mass is 1130 g/mol. The Morgan fingerprint density at radius 2 is 0.591 bits per heavy atom. The van der Waals surface area contributed by atoms with Gasteiger partial charge in [0, 0.05) is 10.8 Å². The van der Waals surface area contributed by atoms with Gasteiger partial charge in [-0.15, -0.1) is 0 Å². The summed E-state index contributed by atoms with van der Waals surface area (Å²) in [6, 6.07) is 114. The third kappa shape index (κ3) is 9.30. The summed E-state index contributed by atoms with van der Waals surface area (Å²) in [6.45, 7) is 4.63. The van der Waals surface area contributed by atoms with E-state index in [0.717, 1.165) is 38.5 Å². The van der Waals surface area contributed by atoms with Crippen LogP contribution in [-0.2, 0) is 10.8 Å². The molecule has 2 atom stereocenters. The van der Waals surface area contributed by atoms with Crippen LogP contribution in [0.2, 0.25) is 0 Å². The van der Waals surface area contributed by atoms with Gasteiger partial charge in [-0.25, -0.2) is 0 Å². The maximum absolute atomic E-state index is 2.50. The van der Waals surface area contributed by atoms with Crippen LogP contribution in [0, 0.1) is 0 Å². The van der Waals surface area contributed by atoms with Crippen LogP contribution in [0.4, 0.5) is 0 Å². The number of hydrogen-bond acceptors (Lipinski definition) is 0. The molecular weight excluding hydrogens is 1060 g/mol. The van der Waals surface area contributed by atoms with E-state index in [9.17, 15) is 0 Å². The number of hydrogen-bond donors (Lipinski definition) is 0. The molecule has 0 aromatic heterocycles. The van der Waals surface area contributed by atoms with Gasteiger partial charge in [0.25, 0.3) is 0 Å². The van der Waals surface area contributed by atoms with Crippen molar-refractivity contribution in [3.8, 4) is 44.5 Å². The average molecular weight is 1130 g/mol. The smallest absolute Gasteiger partial charge is 0.0463 e. The molecule has 2 unspecified atom stereocenters. The average Bonchev–Trinajstić information content (AvgIpc) is 1.62. The van der Waals surface area contributed by atoms with Gasteiger partial charge in [0.15, 0.2) is 0 Å². The molecule has 0 bridgehead atoms. The Morgan fingerprint density at radius 1 is 0.284 bits per heavy atom. The Bertz CT molecular complexity index is 4400. The van der Waals surface area contributed by atoms with E-state index in [1.165, 1.54) is 144 Å². The predicted octanol–water partition coefficient (Wildman–Crippen LogP) is 23.5. The quantitative estimate of drug-likeness (QED) is 0.0668. The second kappa shape index (κ2) is 23.3. The zero-order chi connectivity index (χ0) is 59.0. The Balaban J connectivity index is 0.807. The number of fused-ring (bicyclic) bond motifs is 8. The fourth-order valence-corrected chi connectivity index (χ4v) is 15.3. The molecule has 0 radical (unpaired) electrons. The van der Waals surface area contributed by atoms with E-state index in [1.807, 2.05) is 0 Å². The van der Waals surface area contributed by atoms with Gasteiger partial charge < -0.3 is 0 Å². The molecule has 0 amide bonds. The molecule has 0 saturated carbocycles. The van der Waals surface area contributed by atoms with Crippen molar-refractivity contribution in [3.63, 3.8) is 0 Å². The highest BCUT2D eigenvalue weighted by Crippen LogP contribution is 2.57. The van der Waals surface area contributed by atoms with Gasteiger partial charge in [-0.05, 0) is 181 Å². The maximum atomic E-state index is 2.50. The molecule has 0 spiro atoms. The van der Waals surface area contributed by atoms with Crippen LogP contribution in [-0.4, -0.2) is 0 Å². The summed E-state index contributed by atoms with van der Waals surface area (Å²) in [5, 5.41) is 4.96. The Morgan fingerprint density at radius 3 is 0.955 bits per heavy atom. The first-order valence-electron chi connectivity index (χ1n) is 31.8. The van der Waals surface area contributed by atoms with Gasteiger partial charge in [0.05, 0.1) is 0 Å². The standard InChI is InChI=1S/C88H70/c1-3-5-55-87(69-31-15-9-16-32-69)81-41-25-23-35-71(81)73-53-43-61(59-83(73)87)57-79(63-27-11-7-12-28-63)65-45-49-67(50-46-65)85-75-37-19-21-39-77(75)86(78-40-22-20-38-76(78)85)68-51-47-66(48-52-68)80(64-29-13-8-14-30-64)58-62-44-54-74-72-36-24-26-42-82(72)88(56-6-4-2,84(74)60-62)70-33-17-10-18-34-70/h7-54,57-60H,3-6,55-56H2,1-2H3/b79-57+,80-58+. The van der Waals surface area contributed by atoms with Crippen molar-refractivity contribution in [2.75, 3.05) is 0 Å². The molecule has 0 aliphatic heterocycles. The highest BCUT2D eigenvalue weighted by molar-refractivity contribution is 6.21. The van der Waals surface area contributed by atoms with Crippen LogP contribution in [0.15, 0.2) is 303 Å². The highest BCUT2D eigenvalue weighted by atomic mass is 14.5. The van der Waals surface area contributed by atoms with Crippen LogP contribution >= 0.6 is 0 Å². The summed E-state index contributed by atoms with van der Waals surface area (Å²) >= 11 is 0. The molecular formula is C88H70. The first-order valence-corrected chi connectivity index (χ1v) is 31.8. The van der Waals surface area contributed by atoms with Crippen molar-refractivity contribution in [3.05, 3.63) is 370 Å². The van der Waals surface area contributed by atoms with Gasteiger partial charge in [0.1, 0.15) is 0 Å². The van der Waals surface area contributed by atoms with Crippen LogP contribution in [0.25, 0.3) is 89.4 Å². The third-order valence-corrected chi connectivity index (χ3v) is 19.4. The Kier molecular flexibility index (Phi) is 14.4. The molecule has 13 aromatic carbocycles. The van der Waals surface area contributed by atoms with Crippen molar-refractivity contribution in [1.29, 1.82) is 0 Å². The van der Waals surface area contributed by atoms with Crippen molar-refractivity contribution in [2.45, 2.75) is 63.2 Å². The van der Waals surface area contributed by atoms with E-state index in [4.69, 9.17) is 0 Å². The highest BCUT2D eigenvalue weighted by Gasteiger charge is 2.45. The largest absolute Gasteiger partial charge is 0.0654 e. The lowest BCUT2D eigenvalue weighted by Crippen LogP contribution is -2.27. The molecule has 88 heavy (non-hydrogen) atoms. The van der Waals surface area contributed by atoms with Crippen LogP contribution in [0.5, 0.6) is 0 Å². The van der Waals surface area contributed by atoms with Gasteiger partial charge in [-0.2, -0.15) is 0 Å². The summed E-state index contributed by atoms with van der Waals surface area (Å²) in [6.07, 6.45) is 11.5. The van der Waals surface area contributed by atoms with Crippen LogP contribution in [0.1, 0.15) is 119 Å². The van der Waals surface area contributed by atoms with Crippen LogP contribution < -0.4 is 0 Å². The normalized spacial score (nSPS) is 15.9. The minimum absolute atomic E-state index is 0.223. The summed E-state index contributed by atoms with van der Waals surface area (Å²) in [4.78, 5) is 0. The molecule has 0 fully saturated rings. The molecule has 2 aliphatic carbocycles.